The summed E-state index contributed by atoms with van der Waals surface area (Å²) in [7, 11) is 0. The summed E-state index contributed by atoms with van der Waals surface area (Å²) < 4.78 is 0. The molecule has 7 rings (SSSR count). The summed E-state index contributed by atoms with van der Waals surface area (Å²) in [6.07, 6.45) is 12.6. The van der Waals surface area contributed by atoms with Crippen LogP contribution in [-0.2, 0) is 0 Å². The van der Waals surface area contributed by atoms with Crippen LogP contribution in [0, 0.1) is 5.41 Å². The molecule has 0 saturated carbocycles. The largest absolute Gasteiger partial charge is 0.399 e. The van der Waals surface area contributed by atoms with Gasteiger partial charge in [0.15, 0.2) is 0 Å². The molecule has 0 fully saturated rings. The van der Waals surface area contributed by atoms with Gasteiger partial charge in [-0.05, 0) is 83.7 Å². The first-order chi connectivity index (χ1) is 24.0. The third kappa shape index (κ3) is 6.83. The Hall–Kier alpha value is -6.46. The van der Waals surface area contributed by atoms with Crippen molar-refractivity contribution in [3.63, 3.8) is 0 Å². The summed E-state index contributed by atoms with van der Waals surface area (Å²) in [5, 5.41) is 9.46. The summed E-state index contributed by atoms with van der Waals surface area (Å²) in [6.45, 7) is 0. The zero-order valence-electron chi connectivity index (χ0n) is 27.1. The fourth-order valence-corrected chi connectivity index (χ4v) is 6.32. The Bertz CT molecular complexity index is 2350. The third-order valence-electron chi connectivity index (χ3n) is 8.75. The number of aromatic nitrogens is 2. The number of nitrogens with one attached hydrogen (secondary N) is 2. The van der Waals surface area contributed by atoms with Crippen molar-refractivity contribution in [2.45, 2.75) is 12.8 Å². The minimum absolute atomic E-state index is 0.287. The van der Waals surface area contributed by atoms with Gasteiger partial charge in [-0.15, -0.1) is 0 Å². The van der Waals surface area contributed by atoms with Crippen LogP contribution in [-0.4, -0.2) is 9.97 Å². The first kappa shape index (κ1) is 31.2. The summed E-state index contributed by atoms with van der Waals surface area (Å²) in [4.78, 5) is 8.99. The van der Waals surface area contributed by atoms with Gasteiger partial charge in [-0.1, -0.05) is 115 Å². The van der Waals surface area contributed by atoms with E-state index < -0.39 is 0 Å². The lowest BCUT2D eigenvalue weighted by atomic mass is 9.96. The number of allylic oxidation sites excluding steroid dienone is 4. The fourth-order valence-electron chi connectivity index (χ4n) is 6.32. The number of benzene rings is 3. The Morgan fingerprint density at radius 1 is 0.571 bits per heavy atom. The lowest BCUT2D eigenvalue weighted by Crippen LogP contribution is -2.04. The highest BCUT2D eigenvalue weighted by Crippen LogP contribution is 2.34. The maximum absolute atomic E-state index is 9.18. The fraction of sp³-hybridized carbons (Fsp3) is 0.0455. The van der Waals surface area contributed by atoms with E-state index in [1.165, 1.54) is 5.57 Å². The zero-order valence-corrected chi connectivity index (χ0v) is 27.1. The van der Waals surface area contributed by atoms with Gasteiger partial charge in [0.1, 0.15) is 0 Å². The molecule has 0 saturated heterocycles. The molecule has 3 aromatic carbocycles. The maximum Gasteiger partial charge on any atom is 0.0737 e. The molecular formula is C44H37N5. The summed E-state index contributed by atoms with van der Waals surface area (Å²) >= 11 is 0. The zero-order chi connectivity index (χ0) is 33.6. The molecule has 6 N–H and O–H groups in total. The van der Waals surface area contributed by atoms with Crippen LogP contribution in [0.1, 0.15) is 29.8 Å². The van der Waals surface area contributed by atoms with Gasteiger partial charge in [-0.2, -0.15) is 0 Å². The van der Waals surface area contributed by atoms with E-state index in [-0.39, 0.29) is 5.36 Å². The molecular weight excluding hydrogens is 599 g/mol. The van der Waals surface area contributed by atoms with E-state index in [4.69, 9.17) is 16.5 Å². The second kappa shape index (κ2) is 14.1. The van der Waals surface area contributed by atoms with E-state index in [1.54, 1.807) is 6.07 Å². The van der Waals surface area contributed by atoms with Crippen molar-refractivity contribution >= 4 is 40.1 Å². The Balaban J connectivity index is 1.60. The molecule has 5 aromatic rings. The minimum Gasteiger partial charge on any atom is -0.399 e. The molecule has 4 bridgehead atoms. The maximum atomic E-state index is 9.18. The van der Waals surface area contributed by atoms with Crippen LogP contribution in [0.2, 0.25) is 0 Å². The first-order valence-electron chi connectivity index (χ1n) is 16.4. The number of hydrogen-bond acceptors (Lipinski definition) is 4. The van der Waals surface area contributed by atoms with Crippen LogP contribution in [0.3, 0.4) is 0 Å². The monoisotopic (exact) mass is 635 g/mol. The Labute approximate surface area is 286 Å². The van der Waals surface area contributed by atoms with Gasteiger partial charge in [0.25, 0.3) is 0 Å². The number of anilines is 2. The predicted octanol–water partition coefficient (Wildman–Crippen LogP) is 10.2. The number of aromatic amines is 1. The normalized spacial score (nSPS) is 12.5. The molecule has 0 amide bonds. The van der Waals surface area contributed by atoms with Crippen molar-refractivity contribution in [2.24, 2.45) is 0 Å². The quantitative estimate of drug-likeness (QED) is 0.145. The molecule has 1 aliphatic heterocycles. The van der Waals surface area contributed by atoms with Gasteiger partial charge in [-0.25, -0.2) is 4.98 Å². The minimum atomic E-state index is 0.287. The number of H-pyrrole nitrogens is 1. The molecule has 5 heteroatoms. The number of nitrogen functional groups attached to an aromatic ring is 2. The van der Waals surface area contributed by atoms with Crippen LogP contribution >= 0.6 is 0 Å². The highest BCUT2D eigenvalue weighted by molar-refractivity contribution is 5.93. The molecule has 49 heavy (non-hydrogen) atoms. The van der Waals surface area contributed by atoms with E-state index >= 15 is 0 Å². The van der Waals surface area contributed by atoms with E-state index in [0.29, 0.717) is 16.9 Å². The standard InChI is InChI=1S/C44H37N5/c45-34-24-22-33(23-25-34)43-37(46)20-10-18-35(30-12-4-1-5-13-30)39-26-28-41(48-39)44(32-16-8-3-9-17-32)42-29-27-40(49-42)36(19-11-21-38(43)47)31-14-6-2-7-15-31/h1-6,8-14,16-29,46,48H,7,15,45,47H2. The van der Waals surface area contributed by atoms with Gasteiger partial charge >= 0.3 is 0 Å². The molecule has 1 aliphatic carbocycles. The van der Waals surface area contributed by atoms with E-state index in [1.807, 2.05) is 72.8 Å². The van der Waals surface area contributed by atoms with Crippen molar-refractivity contribution in [3.05, 3.63) is 174 Å². The van der Waals surface area contributed by atoms with Crippen LogP contribution in [0.15, 0.2) is 152 Å². The van der Waals surface area contributed by atoms with Gasteiger partial charge in [-0.3, -0.25) is 0 Å². The SMILES string of the molecule is N=c1cccc(-c2ccccc2)c2ccc([nH]2)c(-c2ccccc2)c2nc(c(C3=CC=CCC3)cccc(N)c1-c1ccc(N)cc1)C=C2. The van der Waals surface area contributed by atoms with Crippen LogP contribution < -0.4 is 16.8 Å². The van der Waals surface area contributed by atoms with Gasteiger partial charge in [0, 0.05) is 44.7 Å². The van der Waals surface area contributed by atoms with Crippen molar-refractivity contribution in [3.8, 4) is 33.4 Å². The smallest absolute Gasteiger partial charge is 0.0737 e. The van der Waals surface area contributed by atoms with E-state index in [9.17, 15) is 5.41 Å². The Morgan fingerprint density at radius 2 is 1.22 bits per heavy atom. The van der Waals surface area contributed by atoms with Crippen molar-refractivity contribution in [1.29, 1.82) is 5.41 Å². The molecule has 3 heterocycles. The van der Waals surface area contributed by atoms with Gasteiger partial charge < -0.3 is 21.9 Å². The highest BCUT2D eigenvalue weighted by atomic mass is 14.7. The molecule has 238 valence electrons. The average molecular weight is 636 g/mol. The van der Waals surface area contributed by atoms with Crippen LogP contribution in [0.5, 0.6) is 0 Å². The number of rotatable bonds is 4. The topological polar surface area (TPSA) is 105 Å². The van der Waals surface area contributed by atoms with Crippen LogP contribution in [0.25, 0.3) is 62.1 Å². The van der Waals surface area contributed by atoms with Gasteiger partial charge in [0.2, 0.25) is 0 Å². The van der Waals surface area contributed by atoms with E-state index in [2.05, 4.69) is 90.0 Å². The summed E-state index contributed by atoms with van der Waals surface area (Å²) in [6, 6.07) is 44.0. The summed E-state index contributed by atoms with van der Waals surface area (Å²) in [5.41, 5.74) is 25.5. The number of fused-ring (bicyclic) bond motifs is 4. The molecule has 0 atom stereocenters. The molecule has 2 aromatic heterocycles. The molecule has 0 radical (unpaired) electrons. The predicted molar refractivity (Wildman–Crippen MR) is 206 cm³/mol. The van der Waals surface area contributed by atoms with Gasteiger partial charge in [0.05, 0.1) is 16.7 Å². The van der Waals surface area contributed by atoms with E-state index in [0.717, 1.165) is 68.6 Å². The van der Waals surface area contributed by atoms with Crippen molar-refractivity contribution in [2.75, 3.05) is 11.5 Å². The molecule has 5 nitrogen and oxygen atoms in total. The van der Waals surface area contributed by atoms with Crippen LogP contribution in [0.4, 0.5) is 11.4 Å². The Kier molecular flexibility index (Phi) is 8.98. The highest BCUT2D eigenvalue weighted by Gasteiger charge is 2.14. The molecule has 0 spiro atoms. The number of hydrogen-bond donors (Lipinski definition) is 4. The second-order valence-electron chi connectivity index (χ2n) is 12.0. The Morgan fingerprint density at radius 3 is 1.96 bits per heavy atom. The lowest BCUT2D eigenvalue weighted by molar-refractivity contribution is 1.05. The number of nitrogens with two attached hydrogens (primary N) is 2. The lowest BCUT2D eigenvalue weighted by Gasteiger charge is -2.09. The summed E-state index contributed by atoms with van der Waals surface area (Å²) in [5.74, 6) is 0. The molecule has 0 unspecified atom stereocenters. The van der Waals surface area contributed by atoms with Crippen molar-refractivity contribution in [1.82, 2.24) is 9.97 Å². The second-order valence-corrected chi connectivity index (χ2v) is 12.0. The average Bonchev–Trinajstić information content (AvgIpc) is 3.82. The first-order valence-corrected chi connectivity index (χ1v) is 16.4. The third-order valence-corrected chi connectivity index (χ3v) is 8.75. The number of nitrogens with zero attached hydrogens (tertiary/aromatic N) is 1. The van der Waals surface area contributed by atoms with Crippen molar-refractivity contribution < 1.29 is 0 Å². The molecule has 2 aliphatic rings.